The van der Waals surface area contributed by atoms with Gasteiger partial charge in [-0.15, -0.1) is 0 Å². The number of hydrogen-bond acceptors (Lipinski definition) is 3. The van der Waals surface area contributed by atoms with E-state index in [9.17, 15) is 4.79 Å². The maximum atomic E-state index is 12.3. The summed E-state index contributed by atoms with van der Waals surface area (Å²) in [5.74, 6) is 0.365. The number of hydrazone groups is 1. The number of halogens is 1. The molecular formula is C24H31BrN2O2. The minimum absolute atomic E-state index is 0.0543. The second-order valence-corrected chi connectivity index (χ2v) is 8.95. The summed E-state index contributed by atoms with van der Waals surface area (Å²) in [6.45, 7) is 8.56. The molecule has 0 heterocycles. The molecule has 2 aromatic carbocycles. The number of unbranched alkanes of at least 4 members (excludes halogenated alkanes) is 2. The summed E-state index contributed by atoms with van der Waals surface area (Å²) in [5, 5.41) is 4.37. The van der Waals surface area contributed by atoms with Gasteiger partial charge in [0.1, 0.15) is 5.75 Å². The van der Waals surface area contributed by atoms with Crippen molar-refractivity contribution in [1.29, 1.82) is 0 Å². The topological polar surface area (TPSA) is 50.7 Å². The summed E-state index contributed by atoms with van der Waals surface area (Å²) >= 11 is 3.53. The van der Waals surface area contributed by atoms with Gasteiger partial charge in [-0.25, -0.2) is 5.43 Å². The van der Waals surface area contributed by atoms with Crippen LogP contribution in [0, 0.1) is 0 Å². The lowest BCUT2D eigenvalue weighted by atomic mass is 9.87. The van der Waals surface area contributed by atoms with E-state index in [0.29, 0.717) is 5.75 Å². The summed E-state index contributed by atoms with van der Waals surface area (Å²) < 4.78 is 6.51. The second-order valence-electron chi connectivity index (χ2n) is 8.10. The summed E-state index contributed by atoms with van der Waals surface area (Å²) in [4.78, 5) is 12.3. The van der Waals surface area contributed by atoms with Gasteiger partial charge in [0.2, 0.25) is 0 Å². The van der Waals surface area contributed by atoms with Crippen molar-refractivity contribution < 1.29 is 9.53 Å². The van der Waals surface area contributed by atoms with E-state index in [1.807, 2.05) is 48.5 Å². The van der Waals surface area contributed by atoms with Crippen LogP contribution >= 0.6 is 15.9 Å². The largest absolute Gasteiger partial charge is 0.483 e. The highest BCUT2D eigenvalue weighted by Crippen LogP contribution is 2.31. The molecular weight excluding hydrogens is 428 g/mol. The Bertz CT molecular complexity index is 827. The Balaban J connectivity index is 1.97. The molecule has 4 nitrogen and oxygen atoms in total. The third kappa shape index (κ3) is 7.65. The first-order valence-corrected chi connectivity index (χ1v) is 10.9. The molecule has 0 fully saturated rings. The van der Waals surface area contributed by atoms with Crippen LogP contribution in [0.4, 0.5) is 0 Å². The number of carbonyl (C=O) groups is 1. The van der Waals surface area contributed by atoms with Crippen molar-refractivity contribution in [2.45, 2.75) is 58.8 Å². The number of nitrogens with zero attached hydrogens (tertiary/aromatic N) is 1. The molecule has 1 N–H and O–H groups in total. The Labute approximate surface area is 182 Å². The van der Waals surface area contributed by atoms with Gasteiger partial charge in [-0.2, -0.15) is 5.10 Å². The fourth-order valence-corrected chi connectivity index (χ4v) is 3.32. The van der Waals surface area contributed by atoms with Crippen LogP contribution in [-0.2, 0) is 10.2 Å². The molecule has 5 heteroatoms. The number of hydrogen-bond donors (Lipinski definition) is 1. The molecule has 0 spiro atoms. The van der Waals surface area contributed by atoms with Crippen LogP contribution in [0.5, 0.6) is 5.75 Å². The van der Waals surface area contributed by atoms with Crippen molar-refractivity contribution in [3.63, 3.8) is 0 Å². The Morgan fingerprint density at radius 3 is 2.45 bits per heavy atom. The number of nitrogens with one attached hydrogen (secondary N) is 1. The zero-order chi connectivity index (χ0) is 21.3. The molecule has 0 radical (unpaired) electrons. The third-order valence-electron chi connectivity index (χ3n) is 4.60. The summed E-state index contributed by atoms with van der Waals surface area (Å²) in [6, 6.07) is 15.9. The van der Waals surface area contributed by atoms with Crippen LogP contribution in [0.2, 0.25) is 0 Å². The Kier molecular flexibility index (Phi) is 8.90. The molecule has 0 aliphatic carbocycles. The zero-order valence-electron chi connectivity index (χ0n) is 17.8. The van der Waals surface area contributed by atoms with Crippen LogP contribution in [0.15, 0.2) is 58.1 Å². The average Bonchev–Trinajstić information content (AvgIpc) is 2.69. The van der Waals surface area contributed by atoms with E-state index in [2.05, 4.69) is 54.2 Å². The molecule has 0 bridgehead atoms. The maximum Gasteiger partial charge on any atom is 0.277 e. The Morgan fingerprint density at radius 2 is 1.83 bits per heavy atom. The van der Waals surface area contributed by atoms with Crippen molar-refractivity contribution >= 4 is 27.5 Å². The van der Waals surface area contributed by atoms with E-state index in [4.69, 9.17) is 4.74 Å². The van der Waals surface area contributed by atoms with Crippen LogP contribution in [0.1, 0.15) is 64.5 Å². The van der Waals surface area contributed by atoms with Gasteiger partial charge in [0.05, 0.1) is 10.2 Å². The zero-order valence-corrected chi connectivity index (χ0v) is 19.4. The van der Waals surface area contributed by atoms with Crippen molar-refractivity contribution in [3.8, 4) is 5.75 Å². The molecule has 156 valence electrons. The smallest absolute Gasteiger partial charge is 0.277 e. The first-order chi connectivity index (χ1) is 13.8. The standard InChI is InChI=1S/C24H31BrN2O2/c1-5-6-8-13-21(18-11-9-7-10-12-18)26-27-23(28)17-29-22-15-14-19(16-20(22)25)24(2,3)4/h7,9-12,14-16H,5-6,8,13,17H2,1-4H3,(H,27,28)/b26-21+. The summed E-state index contributed by atoms with van der Waals surface area (Å²) in [6.07, 6.45) is 4.16. The van der Waals surface area contributed by atoms with E-state index in [1.165, 1.54) is 5.56 Å². The van der Waals surface area contributed by atoms with Crippen LogP contribution in [0.3, 0.4) is 0 Å². The lowest BCUT2D eigenvalue weighted by Gasteiger charge is -2.20. The Morgan fingerprint density at radius 1 is 1.10 bits per heavy atom. The molecule has 0 atom stereocenters. The average molecular weight is 459 g/mol. The maximum absolute atomic E-state index is 12.3. The van der Waals surface area contributed by atoms with Crippen LogP contribution in [0.25, 0.3) is 0 Å². The SMILES string of the molecule is CCCCC/C(=N\NC(=O)COc1ccc(C(C)(C)C)cc1Br)c1ccccc1. The van der Waals surface area contributed by atoms with E-state index >= 15 is 0 Å². The van der Waals surface area contributed by atoms with Gasteiger partial charge in [-0.3, -0.25) is 4.79 Å². The third-order valence-corrected chi connectivity index (χ3v) is 5.22. The van der Waals surface area contributed by atoms with Gasteiger partial charge < -0.3 is 4.74 Å². The highest BCUT2D eigenvalue weighted by molar-refractivity contribution is 9.10. The molecule has 0 aromatic heterocycles. The van der Waals surface area contributed by atoms with E-state index in [-0.39, 0.29) is 17.9 Å². The quantitative estimate of drug-likeness (QED) is 0.275. The molecule has 2 rings (SSSR count). The number of rotatable bonds is 9. The molecule has 2 aromatic rings. The van der Waals surface area contributed by atoms with Crippen molar-refractivity contribution in [1.82, 2.24) is 5.43 Å². The highest BCUT2D eigenvalue weighted by Gasteiger charge is 2.15. The van der Waals surface area contributed by atoms with Gasteiger partial charge in [0.25, 0.3) is 5.91 Å². The summed E-state index contributed by atoms with van der Waals surface area (Å²) in [5.41, 5.74) is 5.82. The normalized spacial score (nSPS) is 12.0. The van der Waals surface area contributed by atoms with Gasteiger partial charge in [-0.05, 0) is 57.4 Å². The van der Waals surface area contributed by atoms with Gasteiger partial charge in [0, 0.05) is 0 Å². The monoisotopic (exact) mass is 458 g/mol. The van der Waals surface area contributed by atoms with E-state index in [0.717, 1.165) is 41.4 Å². The van der Waals surface area contributed by atoms with Crippen molar-refractivity contribution in [2.24, 2.45) is 5.10 Å². The van der Waals surface area contributed by atoms with Crippen LogP contribution in [-0.4, -0.2) is 18.2 Å². The minimum Gasteiger partial charge on any atom is -0.483 e. The molecule has 29 heavy (non-hydrogen) atoms. The predicted molar refractivity (Wildman–Crippen MR) is 124 cm³/mol. The first kappa shape index (κ1) is 23.1. The molecule has 0 saturated carbocycles. The molecule has 0 unspecified atom stereocenters. The van der Waals surface area contributed by atoms with Gasteiger partial charge in [-0.1, -0.05) is 76.9 Å². The Hall–Kier alpha value is -2.14. The van der Waals surface area contributed by atoms with E-state index < -0.39 is 0 Å². The highest BCUT2D eigenvalue weighted by atomic mass is 79.9. The minimum atomic E-state index is -0.277. The number of benzene rings is 2. The molecule has 0 saturated heterocycles. The second kappa shape index (κ2) is 11.1. The molecule has 1 amide bonds. The first-order valence-electron chi connectivity index (χ1n) is 10.1. The van der Waals surface area contributed by atoms with Crippen molar-refractivity contribution in [2.75, 3.05) is 6.61 Å². The lowest BCUT2D eigenvalue weighted by molar-refractivity contribution is -0.123. The number of carbonyl (C=O) groups excluding carboxylic acids is 1. The van der Waals surface area contributed by atoms with Gasteiger partial charge >= 0.3 is 0 Å². The number of amides is 1. The van der Waals surface area contributed by atoms with Crippen LogP contribution < -0.4 is 10.2 Å². The fourth-order valence-electron chi connectivity index (χ4n) is 2.83. The van der Waals surface area contributed by atoms with Gasteiger partial charge in [0.15, 0.2) is 6.61 Å². The molecule has 0 aliphatic heterocycles. The lowest BCUT2D eigenvalue weighted by Crippen LogP contribution is -2.26. The predicted octanol–water partition coefficient (Wildman–Crippen LogP) is 6.23. The summed E-state index contributed by atoms with van der Waals surface area (Å²) in [7, 11) is 0. The van der Waals surface area contributed by atoms with Crippen molar-refractivity contribution in [3.05, 3.63) is 64.1 Å². The fraction of sp³-hybridized carbons (Fsp3) is 0.417. The van der Waals surface area contributed by atoms with E-state index in [1.54, 1.807) is 0 Å². The number of ether oxygens (including phenoxy) is 1. The molecule has 0 aliphatic rings.